The van der Waals surface area contributed by atoms with Gasteiger partial charge in [0.2, 0.25) is 0 Å². The van der Waals surface area contributed by atoms with Gasteiger partial charge in [-0.25, -0.2) is 0 Å². The molecule has 2 fully saturated rings. The molecule has 1 aromatic carbocycles. The lowest BCUT2D eigenvalue weighted by atomic mass is 9.93. The van der Waals surface area contributed by atoms with Crippen LogP contribution in [-0.2, 0) is 17.8 Å². The first-order valence-electron chi connectivity index (χ1n) is 10.0. The highest BCUT2D eigenvalue weighted by atomic mass is 16.5. The highest BCUT2D eigenvalue weighted by Gasteiger charge is 2.26. The summed E-state index contributed by atoms with van der Waals surface area (Å²) >= 11 is 0. The molecule has 6 nitrogen and oxygen atoms in total. The molecular formula is C21H28N4O2. The van der Waals surface area contributed by atoms with Crippen molar-refractivity contribution in [3.05, 3.63) is 42.0 Å². The second-order valence-electron chi connectivity index (χ2n) is 7.97. The molecule has 144 valence electrons. The third-order valence-electron chi connectivity index (χ3n) is 5.67. The van der Waals surface area contributed by atoms with E-state index in [1.54, 1.807) is 0 Å². The standard InChI is InChI=1S/C21H28N4O2/c1-16-2-6-19(7-3-16)27-14-21(26)24-10-8-17(9-11-24)12-20-23-22-15-25(20)13-18-4-5-18/h2-3,6-7,15,17-18H,4-5,8-14H2,1H3. The smallest absolute Gasteiger partial charge is 0.260 e. The van der Waals surface area contributed by atoms with Crippen molar-refractivity contribution < 1.29 is 9.53 Å². The number of aromatic nitrogens is 3. The normalized spacial score (nSPS) is 17.9. The molecule has 1 aliphatic heterocycles. The van der Waals surface area contributed by atoms with Gasteiger partial charge in [0.05, 0.1) is 0 Å². The van der Waals surface area contributed by atoms with Gasteiger partial charge in [-0.15, -0.1) is 10.2 Å². The molecule has 0 bridgehead atoms. The minimum absolute atomic E-state index is 0.0749. The van der Waals surface area contributed by atoms with Crippen LogP contribution in [0.2, 0.25) is 0 Å². The van der Waals surface area contributed by atoms with Gasteiger partial charge in [0.25, 0.3) is 5.91 Å². The number of aryl methyl sites for hydroxylation is 1. The largest absolute Gasteiger partial charge is 0.484 e. The molecule has 1 saturated heterocycles. The summed E-state index contributed by atoms with van der Waals surface area (Å²) in [7, 11) is 0. The van der Waals surface area contributed by atoms with E-state index in [4.69, 9.17) is 4.74 Å². The predicted octanol–water partition coefficient (Wildman–Crippen LogP) is 2.86. The first-order valence-corrected chi connectivity index (χ1v) is 10.0. The van der Waals surface area contributed by atoms with E-state index in [0.29, 0.717) is 5.92 Å². The van der Waals surface area contributed by atoms with Gasteiger partial charge < -0.3 is 14.2 Å². The molecule has 2 heterocycles. The van der Waals surface area contributed by atoms with Crippen LogP contribution in [0.4, 0.5) is 0 Å². The fraction of sp³-hybridized carbons (Fsp3) is 0.571. The van der Waals surface area contributed by atoms with Crippen molar-refractivity contribution in [3.8, 4) is 5.75 Å². The first-order chi connectivity index (χ1) is 13.2. The lowest BCUT2D eigenvalue weighted by molar-refractivity contribution is -0.134. The Morgan fingerprint density at radius 3 is 2.56 bits per heavy atom. The Kier molecular flexibility index (Phi) is 5.41. The minimum atomic E-state index is 0.0749. The van der Waals surface area contributed by atoms with E-state index in [2.05, 4.69) is 14.8 Å². The summed E-state index contributed by atoms with van der Waals surface area (Å²) in [4.78, 5) is 14.3. The van der Waals surface area contributed by atoms with Crippen molar-refractivity contribution in [2.45, 2.75) is 45.6 Å². The van der Waals surface area contributed by atoms with Crippen LogP contribution in [0.3, 0.4) is 0 Å². The Morgan fingerprint density at radius 1 is 1.11 bits per heavy atom. The van der Waals surface area contributed by atoms with Gasteiger partial charge in [0.1, 0.15) is 17.9 Å². The Hall–Kier alpha value is -2.37. The van der Waals surface area contributed by atoms with Gasteiger partial charge in [-0.3, -0.25) is 4.79 Å². The van der Waals surface area contributed by atoms with Crippen LogP contribution in [0.1, 0.15) is 37.1 Å². The summed E-state index contributed by atoms with van der Waals surface area (Å²) in [6.45, 7) is 4.82. The molecule has 0 atom stereocenters. The zero-order valence-electron chi connectivity index (χ0n) is 16.0. The molecule has 27 heavy (non-hydrogen) atoms. The summed E-state index contributed by atoms with van der Waals surface area (Å²) < 4.78 is 7.86. The summed E-state index contributed by atoms with van der Waals surface area (Å²) in [6, 6.07) is 7.81. The van der Waals surface area contributed by atoms with Crippen LogP contribution in [0.15, 0.2) is 30.6 Å². The summed E-state index contributed by atoms with van der Waals surface area (Å²) in [5.74, 6) is 3.33. The van der Waals surface area contributed by atoms with Gasteiger partial charge in [-0.1, -0.05) is 17.7 Å². The highest BCUT2D eigenvalue weighted by molar-refractivity contribution is 5.77. The van der Waals surface area contributed by atoms with Crippen molar-refractivity contribution in [1.29, 1.82) is 0 Å². The quantitative estimate of drug-likeness (QED) is 0.754. The van der Waals surface area contributed by atoms with E-state index in [-0.39, 0.29) is 12.5 Å². The number of hydrogen-bond acceptors (Lipinski definition) is 4. The number of carbonyl (C=O) groups is 1. The Balaban J connectivity index is 1.22. The van der Waals surface area contributed by atoms with Crippen molar-refractivity contribution >= 4 is 5.91 Å². The predicted molar refractivity (Wildman–Crippen MR) is 102 cm³/mol. The van der Waals surface area contributed by atoms with Crippen LogP contribution in [0, 0.1) is 18.8 Å². The summed E-state index contributed by atoms with van der Waals surface area (Å²) in [6.07, 6.45) is 7.55. The lowest BCUT2D eigenvalue weighted by Crippen LogP contribution is -2.41. The molecule has 6 heteroatoms. The highest BCUT2D eigenvalue weighted by Crippen LogP contribution is 2.31. The topological polar surface area (TPSA) is 60.2 Å². The zero-order valence-corrected chi connectivity index (χ0v) is 16.0. The van der Waals surface area contributed by atoms with E-state index in [0.717, 1.165) is 56.4 Å². The number of benzene rings is 1. The Bertz CT molecular complexity index is 759. The molecule has 4 rings (SSSR count). The van der Waals surface area contributed by atoms with Gasteiger partial charge in [0, 0.05) is 26.1 Å². The number of piperidine rings is 1. The molecule has 0 unspecified atom stereocenters. The molecule has 0 spiro atoms. The summed E-state index contributed by atoms with van der Waals surface area (Å²) in [5.41, 5.74) is 1.18. The van der Waals surface area contributed by atoms with E-state index in [1.807, 2.05) is 42.4 Å². The SMILES string of the molecule is Cc1ccc(OCC(=O)N2CCC(Cc3nncn3CC3CC3)CC2)cc1. The van der Waals surface area contributed by atoms with Crippen LogP contribution in [0.25, 0.3) is 0 Å². The maximum absolute atomic E-state index is 12.4. The molecular weight excluding hydrogens is 340 g/mol. The number of amides is 1. The Morgan fingerprint density at radius 2 is 1.85 bits per heavy atom. The number of rotatable bonds is 7. The fourth-order valence-electron chi connectivity index (χ4n) is 3.68. The van der Waals surface area contributed by atoms with E-state index < -0.39 is 0 Å². The van der Waals surface area contributed by atoms with Gasteiger partial charge in [-0.2, -0.15) is 0 Å². The van der Waals surface area contributed by atoms with Crippen LogP contribution >= 0.6 is 0 Å². The second-order valence-corrected chi connectivity index (χ2v) is 7.97. The van der Waals surface area contributed by atoms with Crippen molar-refractivity contribution in [3.63, 3.8) is 0 Å². The number of ether oxygens (including phenoxy) is 1. The van der Waals surface area contributed by atoms with Crippen LogP contribution in [0.5, 0.6) is 5.75 Å². The second kappa shape index (κ2) is 8.11. The zero-order chi connectivity index (χ0) is 18.6. The minimum Gasteiger partial charge on any atom is -0.484 e. The van der Waals surface area contributed by atoms with Crippen molar-refractivity contribution in [2.75, 3.05) is 19.7 Å². The van der Waals surface area contributed by atoms with Crippen LogP contribution in [-0.4, -0.2) is 45.3 Å². The summed E-state index contributed by atoms with van der Waals surface area (Å²) in [5, 5.41) is 8.43. The molecule has 0 radical (unpaired) electrons. The van der Waals surface area contributed by atoms with E-state index in [1.165, 1.54) is 18.4 Å². The molecule has 1 amide bonds. The van der Waals surface area contributed by atoms with Gasteiger partial charge >= 0.3 is 0 Å². The molecule has 2 aromatic rings. The van der Waals surface area contributed by atoms with E-state index in [9.17, 15) is 4.79 Å². The Labute approximate surface area is 160 Å². The molecule has 1 saturated carbocycles. The lowest BCUT2D eigenvalue weighted by Gasteiger charge is -2.31. The molecule has 2 aliphatic rings. The van der Waals surface area contributed by atoms with Crippen LogP contribution < -0.4 is 4.74 Å². The van der Waals surface area contributed by atoms with Gasteiger partial charge in [-0.05, 0) is 56.6 Å². The van der Waals surface area contributed by atoms with Crippen molar-refractivity contribution in [2.24, 2.45) is 11.8 Å². The van der Waals surface area contributed by atoms with Gasteiger partial charge in [0.15, 0.2) is 6.61 Å². The maximum Gasteiger partial charge on any atom is 0.260 e. The fourth-order valence-corrected chi connectivity index (χ4v) is 3.68. The van der Waals surface area contributed by atoms with Crippen molar-refractivity contribution in [1.82, 2.24) is 19.7 Å². The number of hydrogen-bond donors (Lipinski definition) is 0. The average molecular weight is 368 g/mol. The maximum atomic E-state index is 12.4. The molecule has 1 aliphatic carbocycles. The number of carbonyl (C=O) groups excluding carboxylic acids is 1. The third-order valence-corrected chi connectivity index (χ3v) is 5.67. The number of likely N-dealkylation sites (tertiary alicyclic amines) is 1. The third kappa shape index (κ3) is 4.87. The molecule has 0 N–H and O–H groups in total. The molecule has 1 aromatic heterocycles. The number of nitrogens with zero attached hydrogens (tertiary/aromatic N) is 4. The first kappa shape index (κ1) is 18.0. The average Bonchev–Trinajstić information content (AvgIpc) is 3.40. The van der Waals surface area contributed by atoms with E-state index >= 15 is 0 Å². The monoisotopic (exact) mass is 368 g/mol.